The number of rotatable bonds is 7. The van der Waals surface area contributed by atoms with Crippen LogP contribution in [0.5, 0.6) is 0 Å². The summed E-state index contributed by atoms with van der Waals surface area (Å²) in [4.78, 5) is 11.9. The van der Waals surface area contributed by atoms with E-state index < -0.39 is 0 Å². The molecule has 9 heteroatoms. The summed E-state index contributed by atoms with van der Waals surface area (Å²) in [5.41, 5.74) is 0.431. The predicted octanol–water partition coefficient (Wildman–Crippen LogP) is 4.36. The van der Waals surface area contributed by atoms with Gasteiger partial charge in [0.15, 0.2) is 0 Å². The lowest BCUT2D eigenvalue weighted by Gasteiger charge is -2.08. The Balaban J connectivity index is 1.80. The SMILES string of the molecule is CSCc1nnc(SCCC(=O)Nc2c(Cl)cccc2Cl)o1. The summed E-state index contributed by atoms with van der Waals surface area (Å²) in [5, 5.41) is 11.8. The summed E-state index contributed by atoms with van der Waals surface area (Å²) in [6, 6.07) is 5.06. The summed E-state index contributed by atoms with van der Waals surface area (Å²) in [6.45, 7) is 0. The van der Waals surface area contributed by atoms with E-state index in [9.17, 15) is 4.79 Å². The number of nitrogens with one attached hydrogen (secondary N) is 1. The Kier molecular flexibility index (Phi) is 6.88. The summed E-state index contributed by atoms with van der Waals surface area (Å²) in [5.74, 6) is 1.61. The second-order valence-corrected chi connectivity index (χ2v) is 6.86. The molecule has 2 rings (SSSR count). The Morgan fingerprint density at radius 1 is 1.32 bits per heavy atom. The summed E-state index contributed by atoms with van der Waals surface area (Å²) in [6.07, 6.45) is 2.24. The number of benzene rings is 1. The van der Waals surface area contributed by atoms with Gasteiger partial charge >= 0.3 is 0 Å². The fraction of sp³-hybridized carbons (Fsp3) is 0.308. The van der Waals surface area contributed by atoms with Gasteiger partial charge in [-0.3, -0.25) is 4.79 Å². The van der Waals surface area contributed by atoms with Crippen molar-refractivity contribution in [2.75, 3.05) is 17.3 Å². The fourth-order valence-electron chi connectivity index (χ4n) is 1.53. The third kappa shape index (κ3) is 5.08. The highest BCUT2D eigenvalue weighted by atomic mass is 35.5. The first kappa shape index (κ1) is 17.5. The molecule has 5 nitrogen and oxygen atoms in total. The van der Waals surface area contributed by atoms with Crippen LogP contribution in [0.4, 0.5) is 5.69 Å². The third-order valence-electron chi connectivity index (χ3n) is 2.50. The molecule has 0 aliphatic heterocycles. The van der Waals surface area contributed by atoms with Crippen molar-refractivity contribution in [3.05, 3.63) is 34.1 Å². The van der Waals surface area contributed by atoms with Crippen molar-refractivity contribution in [1.82, 2.24) is 10.2 Å². The van der Waals surface area contributed by atoms with Crippen LogP contribution in [0.1, 0.15) is 12.3 Å². The van der Waals surface area contributed by atoms with Gasteiger partial charge in [0, 0.05) is 12.2 Å². The maximum Gasteiger partial charge on any atom is 0.276 e. The van der Waals surface area contributed by atoms with Crippen LogP contribution in [-0.2, 0) is 10.5 Å². The zero-order valence-corrected chi connectivity index (χ0v) is 14.8. The first-order valence-corrected chi connectivity index (χ1v) is 9.41. The second-order valence-electron chi connectivity index (χ2n) is 4.14. The maximum absolute atomic E-state index is 11.9. The first-order valence-electron chi connectivity index (χ1n) is 6.28. The molecule has 0 aliphatic carbocycles. The van der Waals surface area contributed by atoms with Gasteiger partial charge in [0.2, 0.25) is 11.8 Å². The summed E-state index contributed by atoms with van der Waals surface area (Å²) >= 11 is 14.9. The minimum Gasteiger partial charge on any atom is -0.415 e. The number of carbonyl (C=O) groups is 1. The molecule has 0 saturated carbocycles. The van der Waals surface area contributed by atoms with Gasteiger partial charge in [-0.05, 0) is 18.4 Å². The second kappa shape index (κ2) is 8.67. The predicted molar refractivity (Wildman–Crippen MR) is 91.9 cm³/mol. The van der Waals surface area contributed by atoms with Crippen molar-refractivity contribution < 1.29 is 9.21 Å². The summed E-state index contributed by atoms with van der Waals surface area (Å²) < 4.78 is 5.41. The normalized spacial score (nSPS) is 10.7. The Morgan fingerprint density at radius 3 is 2.73 bits per heavy atom. The molecular weight excluding hydrogens is 365 g/mol. The molecule has 1 aromatic carbocycles. The first-order chi connectivity index (χ1) is 10.6. The Morgan fingerprint density at radius 2 is 2.05 bits per heavy atom. The van der Waals surface area contributed by atoms with Crippen LogP contribution in [0.2, 0.25) is 10.0 Å². The van der Waals surface area contributed by atoms with Gasteiger partial charge in [0.1, 0.15) is 0 Å². The zero-order chi connectivity index (χ0) is 15.9. The van der Waals surface area contributed by atoms with Gasteiger partial charge in [0.05, 0.1) is 21.5 Å². The molecule has 1 heterocycles. The van der Waals surface area contributed by atoms with Crippen LogP contribution in [0.15, 0.2) is 27.8 Å². The van der Waals surface area contributed by atoms with Crippen molar-refractivity contribution in [2.24, 2.45) is 0 Å². The van der Waals surface area contributed by atoms with Crippen LogP contribution >= 0.6 is 46.7 Å². The largest absolute Gasteiger partial charge is 0.415 e. The van der Waals surface area contributed by atoms with Crippen molar-refractivity contribution in [3.63, 3.8) is 0 Å². The molecule has 1 N–H and O–H groups in total. The number of aromatic nitrogens is 2. The van der Waals surface area contributed by atoms with Crippen LogP contribution in [0.25, 0.3) is 0 Å². The number of para-hydroxylation sites is 1. The van der Waals surface area contributed by atoms with E-state index in [4.69, 9.17) is 27.6 Å². The number of hydrogen-bond donors (Lipinski definition) is 1. The Hall–Kier alpha value is -0.890. The highest BCUT2D eigenvalue weighted by molar-refractivity contribution is 7.99. The lowest BCUT2D eigenvalue weighted by molar-refractivity contribution is -0.115. The zero-order valence-electron chi connectivity index (χ0n) is 11.6. The highest BCUT2D eigenvalue weighted by Gasteiger charge is 2.11. The number of halogens is 2. The molecule has 0 bridgehead atoms. The highest BCUT2D eigenvalue weighted by Crippen LogP contribution is 2.30. The van der Waals surface area contributed by atoms with Crippen LogP contribution in [0.3, 0.4) is 0 Å². The van der Waals surface area contributed by atoms with Gasteiger partial charge in [-0.15, -0.1) is 10.2 Å². The van der Waals surface area contributed by atoms with Crippen LogP contribution < -0.4 is 5.32 Å². The molecule has 0 atom stereocenters. The molecule has 0 spiro atoms. The minimum atomic E-state index is -0.175. The quantitative estimate of drug-likeness (QED) is 0.722. The number of nitrogens with zero attached hydrogens (tertiary/aromatic N) is 2. The molecule has 0 unspecified atom stereocenters. The van der Waals surface area contributed by atoms with Gasteiger partial charge in [-0.25, -0.2) is 0 Å². The minimum absolute atomic E-state index is 0.175. The molecule has 118 valence electrons. The van der Waals surface area contributed by atoms with Crippen LogP contribution in [-0.4, -0.2) is 28.1 Å². The molecule has 0 saturated heterocycles. The average Bonchev–Trinajstić information content (AvgIpc) is 2.91. The van der Waals surface area contributed by atoms with E-state index in [0.717, 1.165) is 0 Å². The molecule has 22 heavy (non-hydrogen) atoms. The van der Waals surface area contributed by atoms with Gasteiger partial charge < -0.3 is 9.73 Å². The van der Waals surface area contributed by atoms with E-state index in [2.05, 4.69) is 15.5 Å². The molecule has 0 radical (unpaired) electrons. The van der Waals surface area contributed by atoms with Crippen molar-refractivity contribution in [3.8, 4) is 0 Å². The van der Waals surface area contributed by atoms with Gasteiger partial charge in [-0.1, -0.05) is 41.0 Å². The summed E-state index contributed by atoms with van der Waals surface area (Å²) in [7, 11) is 0. The lowest BCUT2D eigenvalue weighted by Crippen LogP contribution is -2.12. The standard InChI is InChI=1S/C13H13Cl2N3O2S2/c1-21-7-11-17-18-13(20-11)22-6-5-10(19)16-12-8(14)3-2-4-9(12)15/h2-4H,5-7H2,1H3,(H,16,19). The number of anilines is 1. The van der Waals surface area contributed by atoms with Gasteiger partial charge in [0.25, 0.3) is 5.22 Å². The van der Waals surface area contributed by atoms with E-state index in [1.165, 1.54) is 11.8 Å². The molecule has 2 aromatic rings. The average molecular weight is 378 g/mol. The van der Waals surface area contributed by atoms with E-state index in [1.54, 1.807) is 30.0 Å². The fourth-order valence-corrected chi connectivity index (χ4v) is 3.10. The van der Waals surface area contributed by atoms with Crippen LogP contribution in [0, 0.1) is 0 Å². The molecular formula is C13H13Cl2N3O2S2. The van der Waals surface area contributed by atoms with E-state index >= 15 is 0 Å². The monoisotopic (exact) mass is 377 g/mol. The lowest BCUT2D eigenvalue weighted by atomic mass is 10.3. The smallest absolute Gasteiger partial charge is 0.276 e. The maximum atomic E-state index is 11.9. The number of hydrogen-bond acceptors (Lipinski definition) is 6. The molecule has 0 aliphatic rings. The number of carbonyl (C=O) groups excluding carboxylic acids is 1. The molecule has 1 amide bonds. The Bertz CT molecular complexity index is 632. The molecule has 1 aromatic heterocycles. The topological polar surface area (TPSA) is 68.0 Å². The van der Waals surface area contributed by atoms with E-state index in [-0.39, 0.29) is 12.3 Å². The number of thioether (sulfide) groups is 2. The van der Waals surface area contributed by atoms with E-state index in [1.807, 2.05) is 6.26 Å². The van der Waals surface area contributed by atoms with Crippen molar-refractivity contribution >= 4 is 58.3 Å². The van der Waals surface area contributed by atoms with E-state index in [0.29, 0.717) is 38.4 Å². The Labute approximate surface area is 146 Å². The van der Waals surface area contributed by atoms with Crippen molar-refractivity contribution in [1.29, 1.82) is 0 Å². The number of amides is 1. The third-order valence-corrected chi connectivity index (χ3v) is 4.48. The molecule has 0 fully saturated rings. The van der Waals surface area contributed by atoms with Gasteiger partial charge in [-0.2, -0.15) is 11.8 Å². The van der Waals surface area contributed by atoms with Crippen molar-refractivity contribution in [2.45, 2.75) is 17.4 Å².